The highest BCUT2D eigenvalue weighted by molar-refractivity contribution is 5.12. The van der Waals surface area contributed by atoms with Gasteiger partial charge in [-0.05, 0) is 25.8 Å². The molecule has 0 unspecified atom stereocenters. The van der Waals surface area contributed by atoms with Crippen molar-refractivity contribution in [3.8, 4) is 0 Å². The molecule has 1 heterocycles. The van der Waals surface area contributed by atoms with Gasteiger partial charge in [-0.25, -0.2) is 0 Å². The van der Waals surface area contributed by atoms with E-state index in [1.165, 1.54) is 12.1 Å². The molecule has 0 atom stereocenters. The Morgan fingerprint density at radius 3 is 2.07 bits per heavy atom. The first kappa shape index (κ1) is 13.2. The highest BCUT2D eigenvalue weighted by Gasteiger charge is 2.06. The Balaban J connectivity index is 0.000000500. The molecule has 1 rings (SSSR count). The molecule has 0 saturated carbocycles. The van der Waals surface area contributed by atoms with Crippen molar-refractivity contribution in [1.82, 2.24) is 9.78 Å². The number of aromatic nitrogens is 2. The van der Waals surface area contributed by atoms with E-state index in [1.54, 1.807) is 0 Å². The third kappa shape index (κ3) is 3.95. The molecule has 0 radical (unpaired) electrons. The molecule has 0 bridgehead atoms. The molecule has 0 saturated heterocycles. The standard InChI is InChI=1S/C9H16N2.C3H8/c1-5-11-9(7(2)3)6-8(4)10-11;1-3-2/h6-7H,5H2,1-4H3;3H2,1-2H3. The molecule has 0 spiro atoms. The topological polar surface area (TPSA) is 17.8 Å². The van der Waals surface area contributed by atoms with Crippen LogP contribution in [0.1, 0.15) is 58.3 Å². The van der Waals surface area contributed by atoms with Crippen molar-refractivity contribution in [2.75, 3.05) is 0 Å². The summed E-state index contributed by atoms with van der Waals surface area (Å²) >= 11 is 0. The van der Waals surface area contributed by atoms with Gasteiger partial charge in [-0.2, -0.15) is 5.10 Å². The zero-order valence-corrected chi connectivity index (χ0v) is 10.5. The normalized spacial score (nSPS) is 9.93. The van der Waals surface area contributed by atoms with Gasteiger partial charge in [0, 0.05) is 12.2 Å². The molecule has 82 valence electrons. The van der Waals surface area contributed by atoms with Crippen LogP contribution in [-0.2, 0) is 6.54 Å². The molecule has 2 nitrogen and oxygen atoms in total. The van der Waals surface area contributed by atoms with Crippen molar-refractivity contribution in [1.29, 1.82) is 0 Å². The fraction of sp³-hybridized carbons (Fsp3) is 0.750. The number of rotatable bonds is 2. The summed E-state index contributed by atoms with van der Waals surface area (Å²) in [7, 11) is 0. The highest BCUT2D eigenvalue weighted by atomic mass is 15.3. The quantitative estimate of drug-likeness (QED) is 0.704. The van der Waals surface area contributed by atoms with E-state index in [4.69, 9.17) is 0 Å². The number of aryl methyl sites for hydroxylation is 2. The Hall–Kier alpha value is -0.790. The Bertz CT molecular complexity index is 249. The molecular formula is C12H24N2. The first-order chi connectivity index (χ1) is 6.56. The van der Waals surface area contributed by atoms with Crippen LogP contribution in [0.4, 0.5) is 0 Å². The Labute approximate surface area is 88.3 Å². The van der Waals surface area contributed by atoms with Gasteiger partial charge < -0.3 is 0 Å². The molecule has 2 heteroatoms. The van der Waals surface area contributed by atoms with Crippen molar-refractivity contribution in [2.45, 2.75) is 60.4 Å². The monoisotopic (exact) mass is 196 g/mol. The lowest BCUT2D eigenvalue weighted by molar-refractivity contribution is 0.595. The van der Waals surface area contributed by atoms with Gasteiger partial charge in [0.25, 0.3) is 0 Å². The van der Waals surface area contributed by atoms with Crippen molar-refractivity contribution in [2.24, 2.45) is 0 Å². The molecule has 0 N–H and O–H groups in total. The maximum Gasteiger partial charge on any atom is 0.0596 e. The number of nitrogens with zero attached hydrogens (tertiary/aromatic N) is 2. The fourth-order valence-electron chi connectivity index (χ4n) is 1.28. The molecule has 1 aromatic rings. The van der Waals surface area contributed by atoms with E-state index in [2.05, 4.69) is 50.5 Å². The lowest BCUT2D eigenvalue weighted by Gasteiger charge is -2.06. The average molecular weight is 196 g/mol. The predicted octanol–water partition coefficient (Wildman–Crippen LogP) is 3.75. The minimum absolute atomic E-state index is 0.580. The highest BCUT2D eigenvalue weighted by Crippen LogP contribution is 2.14. The first-order valence-corrected chi connectivity index (χ1v) is 5.61. The van der Waals surface area contributed by atoms with Crippen molar-refractivity contribution >= 4 is 0 Å². The van der Waals surface area contributed by atoms with Gasteiger partial charge in [0.1, 0.15) is 0 Å². The van der Waals surface area contributed by atoms with Crippen LogP contribution < -0.4 is 0 Å². The van der Waals surface area contributed by atoms with Gasteiger partial charge in [0.05, 0.1) is 5.69 Å². The predicted molar refractivity (Wildman–Crippen MR) is 62.7 cm³/mol. The SMILES string of the molecule is CCC.CCn1nc(C)cc1C(C)C. The van der Waals surface area contributed by atoms with Gasteiger partial charge in [-0.3, -0.25) is 4.68 Å². The van der Waals surface area contributed by atoms with Gasteiger partial charge in [0.15, 0.2) is 0 Å². The lowest BCUT2D eigenvalue weighted by atomic mass is 10.1. The van der Waals surface area contributed by atoms with Crippen LogP contribution >= 0.6 is 0 Å². The van der Waals surface area contributed by atoms with Gasteiger partial charge in [-0.1, -0.05) is 34.1 Å². The summed E-state index contributed by atoms with van der Waals surface area (Å²) in [6.45, 7) is 13.8. The van der Waals surface area contributed by atoms with Crippen LogP contribution in [0.3, 0.4) is 0 Å². The summed E-state index contributed by atoms with van der Waals surface area (Å²) < 4.78 is 2.07. The second-order valence-corrected chi connectivity index (χ2v) is 3.89. The van der Waals surface area contributed by atoms with Crippen molar-refractivity contribution in [3.05, 3.63) is 17.5 Å². The van der Waals surface area contributed by atoms with E-state index < -0.39 is 0 Å². The second-order valence-electron chi connectivity index (χ2n) is 3.89. The maximum absolute atomic E-state index is 4.37. The molecule has 0 aliphatic heterocycles. The second kappa shape index (κ2) is 6.63. The van der Waals surface area contributed by atoms with E-state index in [1.807, 2.05) is 6.92 Å². The summed E-state index contributed by atoms with van der Waals surface area (Å²) in [6.07, 6.45) is 1.25. The molecule has 0 aliphatic carbocycles. The van der Waals surface area contributed by atoms with Gasteiger partial charge >= 0.3 is 0 Å². The Morgan fingerprint density at radius 1 is 1.29 bits per heavy atom. The van der Waals surface area contributed by atoms with E-state index in [0.29, 0.717) is 5.92 Å². The van der Waals surface area contributed by atoms with E-state index in [-0.39, 0.29) is 0 Å². The summed E-state index contributed by atoms with van der Waals surface area (Å²) in [5.41, 5.74) is 2.46. The van der Waals surface area contributed by atoms with E-state index in [0.717, 1.165) is 12.2 Å². The molecule has 0 amide bonds. The van der Waals surface area contributed by atoms with E-state index >= 15 is 0 Å². The summed E-state index contributed by atoms with van der Waals surface area (Å²) in [5, 5.41) is 4.37. The smallest absolute Gasteiger partial charge is 0.0596 e. The van der Waals surface area contributed by atoms with Crippen LogP contribution in [0.5, 0.6) is 0 Å². The number of hydrogen-bond donors (Lipinski definition) is 0. The molecule has 14 heavy (non-hydrogen) atoms. The lowest BCUT2D eigenvalue weighted by Crippen LogP contribution is -2.03. The molecule has 0 fully saturated rings. The summed E-state index contributed by atoms with van der Waals surface area (Å²) in [5.74, 6) is 0.580. The fourth-order valence-corrected chi connectivity index (χ4v) is 1.28. The molecular weight excluding hydrogens is 172 g/mol. The summed E-state index contributed by atoms with van der Waals surface area (Å²) in [6, 6.07) is 2.16. The van der Waals surface area contributed by atoms with Crippen LogP contribution in [0.15, 0.2) is 6.07 Å². The van der Waals surface area contributed by atoms with Gasteiger partial charge in [-0.15, -0.1) is 0 Å². The Kier molecular flexibility index (Phi) is 6.26. The third-order valence-corrected chi connectivity index (χ3v) is 1.82. The Morgan fingerprint density at radius 2 is 1.79 bits per heavy atom. The minimum atomic E-state index is 0.580. The zero-order valence-electron chi connectivity index (χ0n) is 10.5. The number of hydrogen-bond acceptors (Lipinski definition) is 1. The van der Waals surface area contributed by atoms with Crippen LogP contribution in [0.2, 0.25) is 0 Å². The third-order valence-electron chi connectivity index (χ3n) is 1.82. The largest absolute Gasteiger partial charge is 0.269 e. The zero-order chi connectivity index (χ0) is 11.1. The minimum Gasteiger partial charge on any atom is -0.269 e. The van der Waals surface area contributed by atoms with Crippen molar-refractivity contribution in [3.63, 3.8) is 0 Å². The van der Waals surface area contributed by atoms with Crippen LogP contribution in [0.25, 0.3) is 0 Å². The molecule has 0 aliphatic rings. The molecule has 1 aromatic heterocycles. The van der Waals surface area contributed by atoms with Crippen LogP contribution in [-0.4, -0.2) is 9.78 Å². The van der Waals surface area contributed by atoms with Gasteiger partial charge in [0.2, 0.25) is 0 Å². The maximum atomic E-state index is 4.37. The van der Waals surface area contributed by atoms with Crippen LogP contribution in [0, 0.1) is 6.92 Å². The van der Waals surface area contributed by atoms with E-state index in [9.17, 15) is 0 Å². The summed E-state index contributed by atoms with van der Waals surface area (Å²) in [4.78, 5) is 0. The molecule has 0 aromatic carbocycles. The van der Waals surface area contributed by atoms with Crippen molar-refractivity contribution < 1.29 is 0 Å². The average Bonchev–Trinajstić information content (AvgIpc) is 2.48. The first-order valence-electron chi connectivity index (χ1n) is 5.61.